The van der Waals surface area contributed by atoms with E-state index >= 15 is 0 Å². The second kappa shape index (κ2) is 6.02. The van der Waals surface area contributed by atoms with Crippen LogP contribution in [0.25, 0.3) is 6.08 Å². The van der Waals surface area contributed by atoms with Crippen LogP contribution >= 0.6 is 0 Å². The Morgan fingerprint density at radius 1 is 1.40 bits per heavy atom. The highest BCUT2D eigenvalue weighted by atomic mass is 16.5. The Morgan fingerprint density at radius 3 is 2.80 bits per heavy atom. The Bertz CT molecular complexity index is 353. The van der Waals surface area contributed by atoms with Gasteiger partial charge in [0, 0.05) is 12.0 Å². The SMILES string of the molecule is C/C=C/c1ccccc1OCC(=O)CC. The van der Waals surface area contributed by atoms with Crippen LogP contribution in [0.15, 0.2) is 30.3 Å². The lowest BCUT2D eigenvalue weighted by molar-refractivity contribution is -0.120. The summed E-state index contributed by atoms with van der Waals surface area (Å²) in [7, 11) is 0. The zero-order chi connectivity index (χ0) is 11.1. The molecule has 0 atom stereocenters. The average molecular weight is 204 g/mol. The summed E-state index contributed by atoms with van der Waals surface area (Å²) in [5, 5.41) is 0. The van der Waals surface area contributed by atoms with Crippen molar-refractivity contribution in [3.8, 4) is 5.75 Å². The van der Waals surface area contributed by atoms with Gasteiger partial charge in [-0.3, -0.25) is 4.79 Å². The van der Waals surface area contributed by atoms with Gasteiger partial charge in [0.25, 0.3) is 0 Å². The maximum Gasteiger partial charge on any atom is 0.169 e. The molecule has 0 unspecified atom stereocenters. The van der Waals surface area contributed by atoms with E-state index < -0.39 is 0 Å². The Labute approximate surface area is 90.6 Å². The first kappa shape index (κ1) is 11.5. The lowest BCUT2D eigenvalue weighted by atomic mass is 10.2. The normalized spacial score (nSPS) is 10.5. The number of benzene rings is 1. The summed E-state index contributed by atoms with van der Waals surface area (Å²) in [5.41, 5.74) is 1.00. The third-order valence-corrected chi connectivity index (χ3v) is 2.05. The number of carbonyl (C=O) groups excluding carboxylic acids is 1. The highest BCUT2D eigenvalue weighted by molar-refractivity contribution is 5.79. The van der Waals surface area contributed by atoms with Gasteiger partial charge in [-0.25, -0.2) is 0 Å². The molecule has 1 aromatic carbocycles. The van der Waals surface area contributed by atoms with Crippen LogP contribution in [0.5, 0.6) is 5.75 Å². The fourth-order valence-corrected chi connectivity index (χ4v) is 1.19. The number of carbonyl (C=O) groups is 1. The Kier molecular flexibility index (Phi) is 4.61. The van der Waals surface area contributed by atoms with Crippen LogP contribution < -0.4 is 4.74 Å². The van der Waals surface area contributed by atoms with Gasteiger partial charge in [0.15, 0.2) is 5.78 Å². The first-order chi connectivity index (χ1) is 7.27. The lowest BCUT2D eigenvalue weighted by Crippen LogP contribution is -2.09. The summed E-state index contributed by atoms with van der Waals surface area (Å²) in [6.45, 7) is 3.95. The van der Waals surface area contributed by atoms with Gasteiger partial charge < -0.3 is 4.74 Å². The van der Waals surface area contributed by atoms with E-state index in [4.69, 9.17) is 4.74 Å². The van der Waals surface area contributed by atoms with Gasteiger partial charge in [-0.1, -0.05) is 37.3 Å². The molecule has 1 aromatic rings. The first-order valence-electron chi connectivity index (χ1n) is 5.14. The van der Waals surface area contributed by atoms with Crippen LogP contribution in [0, 0.1) is 0 Å². The summed E-state index contributed by atoms with van der Waals surface area (Å²) in [6, 6.07) is 7.69. The number of hydrogen-bond acceptors (Lipinski definition) is 2. The van der Waals surface area contributed by atoms with Crippen molar-refractivity contribution in [1.29, 1.82) is 0 Å². The van der Waals surface area contributed by atoms with Crippen molar-refractivity contribution >= 4 is 11.9 Å². The summed E-state index contributed by atoms with van der Waals surface area (Å²) in [5.74, 6) is 0.877. The van der Waals surface area contributed by atoms with Gasteiger partial charge in [0.2, 0.25) is 0 Å². The summed E-state index contributed by atoms with van der Waals surface area (Å²) in [4.78, 5) is 11.1. The van der Waals surface area contributed by atoms with Crippen molar-refractivity contribution in [2.45, 2.75) is 20.3 Å². The molecule has 0 aliphatic carbocycles. The van der Waals surface area contributed by atoms with Gasteiger partial charge in [-0.05, 0) is 13.0 Å². The summed E-state index contributed by atoms with van der Waals surface area (Å²) in [6.07, 6.45) is 4.43. The number of rotatable bonds is 5. The first-order valence-corrected chi connectivity index (χ1v) is 5.14. The minimum atomic E-state index is 0.116. The molecule has 1 rings (SSSR count). The molecule has 2 nitrogen and oxygen atoms in total. The summed E-state index contributed by atoms with van der Waals surface area (Å²) < 4.78 is 5.44. The van der Waals surface area contributed by atoms with E-state index in [-0.39, 0.29) is 12.4 Å². The van der Waals surface area contributed by atoms with E-state index in [2.05, 4.69) is 0 Å². The smallest absolute Gasteiger partial charge is 0.169 e. The molecule has 0 bridgehead atoms. The maximum absolute atomic E-state index is 11.1. The molecule has 15 heavy (non-hydrogen) atoms. The molecule has 0 saturated heterocycles. The zero-order valence-corrected chi connectivity index (χ0v) is 9.19. The molecule has 0 N–H and O–H groups in total. The van der Waals surface area contributed by atoms with Gasteiger partial charge >= 0.3 is 0 Å². The number of allylic oxidation sites excluding steroid dienone is 1. The van der Waals surface area contributed by atoms with Gasteiger partial charge in [0.1, 0.15) is 12.4 Å². The minimum Gasteiger partial charge on any atom is -0.485 e. The predicted molar refractivity (Wildman–Crippen MR) is 61.9 cm³/mol. The molecular formula is C13H16O2. The van der Waals surface area contributed by atoms with Gasteiger partial charge in [-0.2, -0.15) is 0 Å². The van der Waals surface area contributed by atoms with Crippen LogP contribution in [-0.2, 0) is 4.79 Å². The van der Waals surface area contributed by atoms with Crippen LogP contribution in [0.3, 0.4) is 0 Å². The monoisotopic (exact) mass is 204 g/mol. The number of ether oxygens (including phenoxy) is 1. The van der Waals surface area contributed by atoms with E-state index in [9.17, 15) is 4.79 Å². The average Bonchev–Trinajstić information content (AvgIpc) is 2.28. The van der Waals surface area contributed by atoms with Crippen LogP contribution in [0.2, 0.25) is 0 Å². The molecule has 0 spiro atoms. The number of hydrogen-bond donors (Lipinski definition) is 0. The van der Waals surface area contributed by atoms with E-state index in [1.54, 1.807) is 0 Å². The van der Waals surface area contributed by atoms with Crippen molar-refractivity contribution in [3.05, 3.63) is 35.9 Å². The molecule has 0 aliphatic rings. The summed E-state index contributed by atoms with van der Waals surface area (Å²) >= 11 is 0. The quantitative estimate of drug-likeness (QED) is 0.736. The number of ketones is 1. The highest BCUT2D eigenvalue weighted by Crippen LogP contribution is 2.19. The Balaban J connectivity index is 2.71. The molecule has 0 fully saturated rings. The number of Topliss-reactive ketones (excluding diaryl/α,β-unsaturated/α-hetero) is 1. The predicted octanol–water partition coefficient (Wildman–Crippen LogP) is 3.08. The van der Waals surface area contributed by atoms with Gasteiger partial charge in [0.05, 0.1) is 0 Å². The molecule has 0 aliphatic heterocycles. The zero-order valence-electron chi connectivity index (χ0n) is 9.19. The third-order valence-electron chi connectivity index (χ3n) is 2.05. The second-order valence-electron chi connectivity index (χ2n) is 3.22. The molecular weight excluding hydrogens is 188 g/mol. The molecule has 0 aromatic heterocycles. The van der Waals surface area contributed by atoms with E-state index in [0.717, 1.165) is 11.3 Å². The molecule has 2 heteroatoms. The van der Waals surface area contributed by atoms with Crippen molar-refractivity contribution in [1.82, 2.24) is 0 Å². The van der Waals surface area contributed by atoms with Gasteiger partial charge in [-0.15, -0.1) is 0 Å². The lowest BCUT2D eigenvalue weighted by Gasteiger charge is -2.07. The Morgan fingerprint density at radius 2 is 2.13 bits per heavy atom. The van der Waals surface area contributed by atoms with E-state index in [1.807, 2.05) is 50.3 Å². The highest BCUT2D eigenvalue weighted by Gasteiger charge is 2.02. The van der Waals surface area contributed by atoms with E-state index in [1.165, 1.54) is 0 Å². The molecule has 0 heterocycles. The maximum atomic E-state index is 11.1. The van der Waals surface area contributed by atoms with Crippen molar-refractivity contribution in [3.63, 3.8) is 0 Å². The van der Waals surface area contributed by atoms with Crippen LogP contribution in [0.1, 0.15) is 25.8 Å². The van der Waals surface area contributed by atoms with Crippen molar-refractivity contribution < 1.29 is 9.53 Å². The fourth-order valence-electron chi connectivity index (χ4n) is 1.19. The molecule has 0 radical (unpaired) electrons. The van der Waals surface area contributed by atoms with Crippen molar-refractivity contribution in [2.24, 2.45) is 0 Å². The molecule has 80 valence electrons. The molecule has 0 saturated carbocycles. The Hall–Kier alpha value is -1.57. The van der Waals surface area contributed by atoms with Crippen LogP contribution in [0.4, 0.5) is 0 Å². The third kappa shape index (κ3) is 3.58. The topological polar surface area (TPSA) is 26.3 Å². The fraction of sp³-hybridized carbons (Fsp3) is 0.308. The van der Waals surface area contributed by atoms with Crippen LogP contribution in [-0.4, -0.2) is 12.4 Å². The minimum absolute atomic E-state index is 0.116. The van der Waals surface area contributed by atoms with Crippen molar-refractivity contribution in [2.75, 3.05) is 6.61 Å². The second-order valence-corrected chi connectivity index (χ2v) is 3.22. The molecule has 0 amide bonds. The largest absolute Gasteiger partial charge is 0.485 e. The van der Waals surface area contributed by atoms with E-state index in [0.29, 0.717) is 6.42 Å². The standard InChI is InChI=1S/C13H16O2/c1-3-7-11-8-5-6-9-13(11)15-10-12(14)4-2/h3,5-9H,4,10H2,1-2H3/b7-3+. The number of para-hydroxylation sites is 1.